The summed E-state index contributed by atoms with van der Waals surface area (Å²) in [6.45, 7) is 1.82. The Balaban J connectivity index is 1.85. The van der Waals surface area contributed by atoms with Crippen molar-refractivity contribution >= 4 is 29.2 Å². The van der Waals surface area contributed by atoms with E-state index in [9.17, 15) is 9.59 Å². The van der Waals surface area contributed by atoms with Crippen molar-refractivity contribution in [1.29, 1.82) is 0 Å². The number of anilines is 1. The largest absolute Gasteiger partial charge is 0.452 e. The molecule has 1 amide bonds. The Morgan fingerprint density at radius 3 is 2.82 bits per heavy atom. The lowest BCUT2D eigenvalue weighted by atomic mass is 9.86. The van der Waals surface area contributed by atoms with Crippen LogP contribution in [0, 0.1) is 5.92 Å². The van der Waals surface area contributed by atoms with Crippen LogP contribution in [0.1, 0.15) is 43.0 Å². The molecule has 2 atom stereocenters. The van der Waals surface area contributed by atoms with Crippen LogP contribution in [0.4, 0.5) is 5.69 Å². The van der Waals surface area contributed by atoms with Crippen molar-refractivity contribution in [2.45, 2.75) is 38.6 Å². The van der Waals surface area contributed by atoms with Crippen LogP contribution >= 0.6 is 11.6 Å². The number of nitrogen functional groups attached to an aromatic ring is 1. The van der Waals surface area contributed by atoms with Gasteiger partial charge in [-0.2, -0.15) is 0 Å². The van der Waals surface area contributed by atoms with E-state index in [1.54, 1.807) is 6.07 Å². The van der Waals surface area contributed by atoms with Crippen LogP contribution in [0.3, 0.4) is 0 Å². The minimum absolute atomic E-state index is 0.163. The van der Waals surface area contributed by atoms with Crippen LogP contribution in [-0.4, -0.2) is 24.5 Å². The maximum absolute atomic E-state index is 11.9. The van der Waals surface area contributed by atoms with Crippen molar-refractivity contribution in [2.75, 3.05) is 12.3 Å². The summed E-state index contributed by atoms with van der Waals surface area (Å²) in [6.07, 6.45) is 4.41. The Morgan fingerprint density at radius 1 is 1.36 bits per heavy atom. The molecule has 5 nitrogen and oxygen atoms in total. The molecule has 0 aromatic heterocycles. The van der Waals surface area contributed by atoms with Gasteiger partial charge < -0.3 is 15.8 Å². The van der Waals surface area contributed by atoms with E-state index in [1.165, 1.54) is 18.6 Å². The van der Waals surface area contributed by atoms with E-state index in [0.717, 1.165) is 19.3 Å². The van der Waals surface area contributed by atoms with Gasteiger partial charge in [0.1, 0.15) is 0 Å². The van der Waals surface area contributed by atoms with Crippen molar-refractivity contribution in [3.8, 4) is 0 Å². The first kappa shape index (κ1) is 16.6. The number of nitrogens with two attached hydrogens (primary N) is 1. The lowest BCUT2D eigenvalue weighted by Crippen LogP contribution is -2.42. The molecule has 1 aromatic rings. The third-order valence-electron chi connectivity index (χ3n) is 4.03. The normalized spacial score (nSPS) is 21.2. The first-order valence-electron chi connectivity index (χ1n) is 7.49. The van der Waals surface area contributed by atoms with E-state index in [4.69, 9.17) is 22.1 Å². The minimum atomic E-state index is -0.646. The van der Waals surface area contributed by atoms with Crippen molar-refractivity contribution in [3.05, 3.63) is 28.8 Å². The summed E-state index contributed by atoms with van der Waals surface area (Å²) >= 11 is 5.83. The minimum Gasteiger partial charge on any atom is -0.452 e. The molecule has 2 rings (SSSR count). The lowest BCUT2D eigenvalue weighted by molar-refractivity contribution is -0.125. The molecule has 120 valence electrons. The Morgan fingerprint density at radius 2 is 2.09 bits per heavy atom. The fourth-order valence-corrected chi connectivity index (χ4v) is 2.87. The van der Waals surface area contributed by atoms with Crippen LogP contribution in [0.2, 0.25) is 5.02 Å². The third-order valence-corrected chi connectivity index (χ3v) is 4.26. The average Bonchev–Trinajstić information content (AvgIpc) is 2.49. The molecule has 1 aliphatic carbocycles. The Bertz CT molecular complexity index is 562. The Labute approximate surface area is 135 Å². The zero-order chi connectivity index (χ0) is 16.1. The second kappa shape index (κ2) is 7.49. The molecule has 1 aliphatic rings. The highest BCUT2D eigenvalue weighted by Crippen LogP contribution is 2.23. The highest BCUT2D eigenvalue weighted by molar-refractivity contribution is 6.31. The zero-order valence-electron chi connectivity index (χ0n) is 12.6. The maximum atomic E-state index is 11.9. The van der Waals surface area contributed by atoms with Crippen LogP contribution in [0.15, 0.2) is 18.2 Å². The van der Waals surface area contributed by atoms with Crippen molar-refractivity contribution in [3.63, 3.8) is 0 Å². The van der Waals surface area contributed by atoms with E-state index < -0.39 is 5.97 Å². The summed E-state index contributed by atoms with van der Waals surface area (Å²) in [5.41, 5.74) is 6.15. The molecule has 3 N–H and O–H groups in total. The Kier molecular flexibility index (Phi) is 5.66. The summed E-state index contributed by atoms with van der Waals surface area (Å²) < 4.78 is 5.01. The second-order valence-electron chi connectivity index (χ2n) is 5.74. The molecule has 1 saturated carbocycles. The number of rotatable bonds is 4. The molecule has 0 spiro atoms. The highest BCUT2D eigenvalue weighted by Gasteiger charge is 2.23. The number of hydrogen-bond donors (Lipinski definition) is 2. The Hall–Kier alpha value is -1.75. The van der Waals surface area contributed by atoms with Gasteiger partial charge in [-0.15, -0.1) is 0 Å². The van der Waals surface area contributed by atoms with Gasteiger partial charge in [-0.3, -0.25) is 4.79 Å². The summed E-state index contributed by atoms with van der Waals surface area (Å²) in [7, 11) is 0. The molecule has 0 unspecified atom stereocenters. The van der Waals surface area contributed by atoms with Gasteiger partial charge in [-0.05, 0) is 37.0 Å². The van der Waals surface area contributed by atoms with E-state index in [0.29, 0.717) is 10.9 Å². The smallest absolute Gasteiger partial charge is 0.340 e. The van der Waals surface area contributed by atoms with Crippen LogP contribution < -0.4 is 11.1 Å². The molecule has 1 aromatic carbocycles. The molecular weight excluding hydrogens is 304 g/mol. The summed E-state index contributed by atoms with van der Waals surface area (Å²) in [6, 6.07) is 4.71. The standard InChI is InChI=1S/C16H21ClN2O3/c1-10-4-2-3-5-14(10)19-15(20)9-22-16(21)12-8-11(17)6-7-13(12)18/h6-8,10,14H,2-5,9,18H2,1H3,(H,19,20)/t10-,14-/m0/s1. The summed E-state index contributed by atoms with van der Waals surface area (Å²) in [5, 5.41) is 3.32. The van der Waals surface area contributed by atoms with Crippen LogP contribution in [0.25, 0.3) is 0 Å². The number of ether oxygens (including phenoxy) is 1. The van der Waals surface area contributed by atoms with Gasteiger partial charge in [0.05, 0.1) is 5.56 Å². The van der Waals surface area contributed by atoms with E-state index in [1.807, 2.05) is 0 Å². The third kappa shape index (κ3) is 4.37. The average molecular weight is 325 g/mol. The molecule has 22 heavy (non-hydrogen) atoms. The number of benzene rings is 1. The molecular formula is C16H21ClN2O3. The van der Waals surface area contributed by atoms with Crippen LogP contribution in [0.5, 0.6) is 0 Å². The zero-order valence-corrected chi connectivity index (χ0v) is 13.4. The first-order chi connectivity index (χ1) is 10.5. The number of halogens is 1. The molecule has 0 aliphatic heterocycles. The fraction of sp³-hybridized carbons (Fsp3) is 0.500. The molecule has 6 heteroatoms. The SMILES string of the molecule is C[C@H]1CCCC[C@@H]1NC(=O)COC(=O)c1cc(Cl)ccc1N. The molecule has 0 bridgehead atoms. The van der Waals surface area contributed by atoms with Gasteiger partial charge in [-0.1, -0.05) is 31.4 Å². The van der Waals surface area contributed by atoms with Gasteiger partial charge in [0.2, 0.25) is 0 Å². The molecule has 0 heterocycles. The van der Waals surface area contributed by atoms with E-state index in [-0.39, 0.29) is 29.8 Å². The van der Waals surface area contributed by atoms with Gasteiger partial charge >= 0.3 is 5.97 Å². The number of carbonyl (C=O) groups is 2. The number of carbonyl (C=O) groups excluding carboxylic acids is 2. The molecule has 0 saturated heterocycles. The predicted molar refractivity (Wildman–Crippen MR) is 85.7 cm³/mol. The van der Waals surface area contributed by atoms with Crippen molar-refractivity contribution < 1.29 is 14.3 Å². The monoisotopic (exact) mass is 324 g/mol. The number of hydrogen-bond acceptors (Lipinski definition) is 4. The predicted octanol–water partition coefficient (Wildman–Crippen LogP) is 2.77. The number of esters is 1. The van der Waals surface area contributed by atoms with E-state index in [2.05, 4.69) is 12.2 Å². The van der Waals surface area contributed by atoms with Crippen LogP contribution in [-0.2, 0) is 9.53 Å². The van der Waals surface area contributed by atoms with E-state index >= 15 is 0 Å². The highest BCUT2D eigenvalue weighted by atomic mass is 35.5. The van der Waals surface area contributed by atoms with Gasteiger partial charge in [-0.25, -0.2) is 4.79 Å². The first-order valence-corrected chi connectivity index (χ1v) is 7.86. The summed E-state index contributed by atoms with van der Waals surface area (Å²) in [4.78, 5) is 23.8. The van der Waals surface area contributed by atoms with Gasteiger partial charge in [0, 0.05) is 16.8 Å². The lowest BCUT2D eigenvalue weighted by Gasteiger charge is -2.29. The fourth-order valence-electron chi connectivity index (χ4n) is 2.69. The van der Waals surface area contributed by atoms with Crippen molar-refractivity contribution in [2.24, 2.45) is 5.92 Å². The maximum Gasteiger partial charge on any atom is 0.340 e. The van der Waals surface area contributed by atoms with Gasteiger partial charge in [0.15, 0.2) is 6.61 Å². The molecule has 0 radical (unpaired) electrons. The van der Waals surface area contributed by atoms with Gasteiger partial charge in [0.25, 0.3) is 5.91 Å². The quantitative estimate of drug-likeness (QED) is 0.659. The van der Waals surface area contributed by atoms with Crippen molar-refractivity contribution in [1.82, 2.24) is 5.32 Å². The second-order valence-corrected chi connectivity index (χ2v) is 6.18. The number of nitrogens with one attached hydrogen (secondary N) is 1. The topological polar surface area (TPSA) is 81.4 Å². The number of amides is 1. The summed E-state index contributed by atoms with van der Waals surface area (Å²) in [5.74, 6) is -0.475. The molecule has 1 fully saturated rings.